The molecule has 4 nitrogen and oxygen atoms in total. The molecule has 1 aromatic rings. The van der Waals surface area contributed by atoms with Gasteiger partial charge in [0, 0.05) is 6.07 Å². The normalized spacial score (nSPS) is 12.5. The van der Waals surface area contributed by atoms with Crippen LogP contribution in [0.3, 0.4) is 0 Å². The van der Waals surface area contributed by atoms with E-state index >= 15 is 0 Å². The Morgan fingerprint density at radius 1 is 1.50 bits per heavy atom. The zero-order chi connectivity index (χ0) is 10.9. The van der Waals surface area contributed by atoms with E-state index in [0.717, 1.165) is 6.07 Å². The van der Waals surface area contributed by atoms with Gasteiger partial charge in [-0.2, -0.15) is 4.55 Å². The van der Waals surface area contributed by atoms with E-state index in [-0.39, 0.29) is 5.02 Å². The van der Waals surface area contributed by atoms with Gasteiger partial charge in [0.25, 0.3) is 0 Å². The Labute approximate surface area is 85.6 Å². The fourth-order valence-electron chi connectivity index (χ4n) is 0.848. The van der Waals surface area contributed by atoms with E-state index in [1.807, 2.05) is 0 Å². The number of halogens is 2. The molecule has 0 spiro atoms. The fraction of sp³-hybridized carbons (Fsp3) is 0. The molecule has 0 heterocycles. The number of benzene rings is 1. The summed E-state index contributed by atoms with van der Waals surface area (Å²) in [6.07, 6.45) is 0. The number of hydrogen-bond donors (Lipinski definition) is 2. The third-order valence-corrected chi connectivity index (χ3v) is 2.54. The van der Waals surface area contributed by atoms with Gasteiger partial charge in [0.15, 0.2) is 5.82 Å². The Hall–Kier alpha value is -0.980. The molecule has 1 unspecified atom stereocenters. The van der Waals surface area contributed by atoms with Crippen molar-refractivity contribution in [3.8, 4) is 0 Å². The average molecular weight is 240 g/mol. The van der Waals surface area contributed by atoms with Gasteiger partial charge < -0.3 is 5.11 Å². The molecule has 2 N–H and O–H groups in total. The van der Waals surface area contributed by atoms with Crippen LogP contribution in [0, 0.1) is 5.82 Å². The van der Waals surface area contributed by atoms with Gasteiger partial charge in [-0.3, -0.25) is 0 Å². The summed E-state index contributed by atoms with van der Waals surface area (Å²) < 4.78 is 32.1. The van der Waals surface area contributed by atoms with Crippen molar-refractivity contribution in [1.29, 1.82) is 0 Å². The van der Waals surface area contributed by atoms with Gasteiger partial charge >= 0.3 is 5.97 Å². The Morgan fingerprint density at radius 2 is 2.07 bits per heavy atom. The van der Waals surface area contributed by atoms with E-state index in [4.69, 9.17) is 21.3 Å². The minimum atomic E-state index is -2.92. The second-order valence-electron chi connectivity index (χ2n) is 2.36. The van der Waals surface area contributed by atoms with E-state index < -0.39 is 33.3 Å². The first kappa shape index (κ1) is 11.1. The van der Waals surface area contributed by atoms with Crippen molar-refractivity contribution in [2.75, 3.05) is 0 Å². The zero-order valence-corrected chi connectivity index (χ0v) is 8.22. The number of carboxylic acid groups (broad SMARTS) is 1. The van der Waals surface area contributed by atoms with E-state index in [0.29, 0.717) is 6.07 Å². The van der Waals surface area contributed by atoms with Crippen molar-refractivity contribution in [1.82, 2.24) is 0 Å². The smallest absolute Gasteiger partial charge is 0.337 e. The molecule has 0 fully saturated rings. The van der Waals surface area contributed by atoms with Crippen molar-refractivity contribution < 1.29 is 23.1 Å². The average Bonchev–Trinajstić information content (AvgIpc) is 2.02. The topological polar surface area (TPSA) is 74.6 Å². The summed E-state index contributed by atoms with van der Waals surface area (Å²) >= 11 is 2.49. The Bertz CT molecular complexity index is 385. The monoisotopic (exact) mass is 239 g/mol. The van der Waals surface area contributed by atoms with Gasteiger partial charge in [-0.25, -0.2) is 9.18 Å². The molecule has 1 rings (SSSR count). The SMILES string of the molecule is O=C(O)c1cc([SH+](=O)O)c(F)cc1Cl. The van der Waals surface area contributed by atoms with Crippen LogP contribution in [0.25, 0.3) is 0 Å². The molecule has 0 bridgehead atoms. The molecule has 0 aliphatic heterocycles. The predicted molar refractivity (Wildman–Crippen MR) is 48.7 cm³/mol. The van der Waals surface area contributed by atoms with Crippen LogP contribution in [-0.2, 0) is 15.3 Å². The molecule has 76 valence electrons. The van der Waals surface area contributed by atoms with Gasteiger partial charge in [-0.1, -0.05) is 15.8 Å². The number of hydrogen-bond acceptors (Lipinski definition) is 2. The summed E-state index contributed by atoms with van der Waals surface area (Å²) in [5.41, 5.74) is -0.402. The third-order valence-electron chi connectivity index (χ3n) is 1.47. The van der Waals surface area contributed by atoms with Crippen LogP contribution in [0.1, 0.15) is 10.4 Å². The maximum absolute atomic E-state index is 12.9. The lowest BCUT2D eigenvalue weighted by Gasteiger charge is -1.99. The van der Waals surface area contributed by atoms with Crippen molar-refractivity contribution in [2.45, 2.75) is 4.90 Å². The minimum absolute atomic E-state index is 0.310. The molecule has 1 aromatic carbocycles. The summed E-state index contributed by atoms with van der Waals surface area (Å²) in [4.78, 5) is 9.96. The standard InChI is InChI=1S/C7H4ClFO4S/c8-4-2-5(9)6(14(12)13)1-3(4)7(10)11/h1-2H,(H,10,11)(H,12,13)/p+1. The molecule has 0 radical (unpaired) electrons. The van der Waals surface area contributed by atoms with Gasteiger partial charge in [0.2, 0.25) is 16.0 Å². The Balaban J connectivity index is 3.42. The van der Waals surface area contributed by atoms with Gasteiger partial charge in [0.05, 0.1) is 10.6 Å². The summed E-state index contributed by atoms with van der Waals surface area (Å²) in [6, 6.07) is 1.45. The highest BCUT2D eigenvalue weighted by Crippen LogP contribution is 2.22. The van der Waals surface area contributed by atoms with E-state index in [9.17, 15) is 13.4 Å². The highest BCUT2D eigenvalue weighted by atomic mass is 35.5. The quantitative estimate of drug-likeness (QED) is 0.609. The van der Waals surface area contributed by atoms with Crippen LogP contribution in [0.4, 0.5) is 4.39 Å². The molecule has 0 aliphatic carbocycles. The van der Waals surface area contributed by atoms with Crippen LogP contribution in [-0.4, -0.2) is 15.6 Å². The maximum Gasteiger partial charge on any atom is 0.337 e. The lowest BCUT2D eigenvalue weighted by atomic mass is 10.2. The van der Waals surface area contributed by atoms with Crippen molar-refractivity contribution in [3.63, 3.8) is 0 Å². The largest absolute Gasteiger partial charge is 0.478 e. The highest BCUT2D eigenvalue weighted by molar-refractivity contribution is 7.79. The molecule has 14 heavy (non-hydrogen) atoms. The molecule has 1 atom stereocenters. The number of carboxylic acids is 1. The molecule has 0 aromatic heterocycles. The second-order valence-corrected chi connectivity index (χ2v) is 3.80. The second kappa shape index (κ2) is 4.04. The van der Waals surface area contributed by atoms with Crippen LogP contribution in [0.5, 0.6) is 0 Å². The summed E-state index contributed by atoms with van der Waals surface area (Å²) in [7, 11) is 0. The van der Waals surface area contributed by atoms with Crippen LogP contribution < -0.4 is 0 Å². The van der Waals surface area contributed by atoms with Crippen LogP contribution in [0.15, 0.2) is 17.0 Å². The maximum atomic E-state index is 12.9. The fourth-order valence-corrected chi connectivity index (χ4v) is 1.57. The van der Waals surface area contributed by atoms with Crippen LogP contribution >= 0.6 is 11.6 Å². The molecule has 0 saturated carbocycles. The molecule has 0 saturated heterocycles. The number of aromatic carboxylic acids is 1. The first-order valence-corrected chi connectivity index (χ1v) is 4.91. The van der Waals surface area contributed by atoms with Gasteiger partial charge in [-0.15, -0.1) is 0 Å². The van der Waals surface area contributed by atoms with E-state index in [1.54, 1.807) is 0 Å². The predicted octanol–water partition coefficient (Wildman–Crippen LogP) is 1.71. The highest BCUT2D eigenvalue weighted by Gasteiger charge is 2.20. The summed E-state index contributed by atoms with van der Waals surface area (Å²) in [5, 5.41) is 8.27. The Kier molecular flexibility index (Phi) is 3.20. The molecule has 7 heteroatoms. The number of thiol groups is 1. The van der Waals surface area contributed by atoms with Gasteiger partial charge in [-0.05, 0) is 6.07 Å². The zero-order valence-electron chi connectivity index (χ0n) is 6.57. The third kappa shape index (κ3) is 2.09. The van der Waals surface area contributed by atoms with Crippen LogP contribution in [0.2, 0.25) is 5.02 Å². The van der Waals surface area contributed by atoms with E-state index in [2.05, 4.69) is 0 Å². The minimum Gasteiger partial charge on any atom is -0.478 e. The Morgan fingerprint density at radius 3 is 2.50 bits per heavy atom. The first-order chi connectivity index (χ1) is 6.43. The summed E-state index contributed by atoms with van der Waals surface area (Å²) in [5.74, 6) is -2.38. The van der Waals surface area contributed by atoms with Crippen molar-refractivity contribution in [2.24, 2.45) is 0 Å². The lowest BCUT2D eigenvalue weighted by molar-refractivity contribution is 0.0696. The van der Waals surface area contributed by atoms with E-state index in [1.165, 1.54) is 0 Å². The molecule has 0 aliphatic rings. The van der Waals surface area contributed by atoms with Crippen molar-refractivity contribution >= 4 is 28.7 Å². The lowest BCUT2D eigenvalue weighted by Crippen LogP contribution is -2.02. The van der Waals surface area contributed by atoms with Crippen molar-refractivity contribution in [3.05, 3.63) is 28.5 Å². The first-order valence-electron chi connectivity index (χ1n) is 3.32. The summed E-state index contributed by atoms with van der Waals surface area (Å²) in [6.45, 7) is 0. The molecular formula is C7H5ClFO4S+. The number of carbonyl (C=O) groups is 1. The molecular weight excluding hydrogens is 235 g/mol. The molecule has 0 amide bonds. The number of rotatable bonds is 2. The van der Waals surface area contributed by atoms with Gasteiger partial charge in [0.1, 0.15) is 0 Å².